The molecule has 0 aliphatic rings. The predicted octanol–water partition coefficient (Wildman–Crippen LogP) is 2.43. The van der Waals surface area contributed by atoms with Gasteiger partial charge in [0.05, 0.1) is 18.0 Å². The van der Waals surface area contributed by atoms with Crippen LogP contribution in [0.4, 0.5) is 0 Å². The molecule has 2 rings (SSSR count). The number of benzene rings is 1. The van der Waals surface area contributed by atoms with E-state index in [9.17, 15) is 4.79 Å². The van der Waals surface area contributed by atoms with Crippen molar-refractivity contribution in [2.75, 3.05) is 0 Å². The standard InChI is InChI=1S/C16H20N4O/c1-12-11-13(2)20(19-12)10-9-16(21)18-17-14(3)15-7-5-4-6-8-15/h4-8,11H,9-10H2,1-3H3,(H,18,21)/b17-14-. The zero-order valence-corrected chi connectivity index (χ0v) is 12.6. The molecule has 110 valence electrons. The number of hydrazone groups is 1. The fourth-order valence-electron chi connectivity index (χ4n) is 2.05. The molecular formula is C16H20N4O. The number of hydrogen-bond acceptors (Lipinski definition) is 3. The van der Waals surface area contributed by atoms with Crippen molar-refractivity contribution in [3.05, 3.63) is 53.3 Å². The van der Waals surface area contributed by atoms with E-state index in [-0.39, 0.29) is 5.91 Å². The number of nitrogens with one attached hydrogen (secondary N) is 1. The lowest BCUT2D eigenvalue weighted by Crippen LogP contribution is -2.21. The summed E-state index contributed by atoms with van der Waals surface area (Å²) in [5, 5.41) is 8.45. The van der Waals surface area contributed by atoms with Crippen LogP contribution in [0.3, 0.4) is 0 Å². The third-order valence-electron chi connectivity index (χ3n) is 3.19. The average molecular weight is 284 g/mol. The van der Waals surface area contributed by atoms with Crippen molar-refractivity contribution in [2.24, 2.45) is 5.10 Å². The molecule has 1 amide bonds. The third kappa shape index (κ3) is 4.27. The summed E-state index contributed by atoms with van der Waals surface area (Å²) < 4.78 is 1.84. The average Bonchev–Trinajstić information content (AvgIpc) is 2.81. The van der Waals surface area contributed by atoms with Crippen molar-refractivity contribution >= 4 is 11.6 Å². The summed E-state index contributed by atoms with van der Waals surface area (Å²) in [5.41, 5.74) is 6.39. The molecule has 0 spiro atoms. The van der Waals surface area contributed by atoms with Gasteiger partial charge in [-0.05, 0) is 32.4 Å². The van der Waals surface area contributed by atoms with Gasteiger partial charge in [-0.3, -0.25) is 9.48 Å². The van der Waals surface area contributed by atoms with Crippen LogP contribution in [0.5, 0.6) is 0 Å². The minimum atomic E-state index is -0.113. The van der Waals surface area contributed by atoms with E-state index in [0.717, 1.165) is 22.7 Å². The van der Waals surface area contributed by atoms with Gasteiger partial charge in [-0.2, -0.15) is 10.2 Å². The van der Waals surface area contributed by atoms with Crippen LogP contribution in [0.1, 0.15) is 30.3 Å². The maximum atomic E-state index is 11.8. The maximum Gasteiger partial charge on any atom is 0.241 e. The van der Waals surface area contributed by atoms with Crippen LogP contribution in [0, 0.1) is 13.8 Å². The molecule has 1 heterocycles. The number of nitrogens with zero attached hydrogens (tertiary/aromatic N) is 3. The van der Waals surface area contributed by atoms with Crippen LogP contribution >= 0.6 is 0 Å². The third-order valence-corrected chi connectivity index (χ3v) is 3.19. The molecule has 0 atom stereocenters. The van der Waals surface area contributed by atoms with Crippen LogP contribution in [0.2, 0.25) is 0 Å². The van der Waals surface area contributed by atoms with Gasteiger partial charge in [0.2, 0.25) is 5.91 Å². The molecule has 0 aliphatic carbocycles. The number of aromatic nitrogens is 2. The van der Waals surface area contributed by atoms with Gasteiger partial charge in [0.25, 0.3) is 0 Å². The largest absolute Gasteiger partial charge is 0.273 e. The molecule has 0 fully saturated rings. The van der Waals surface area contributed by atoms with Crippen molar-refractivity contribution in [1.82, 2.24) is 15.2 Å². The van der Waals surface area contributed by atoms with Gasteiger partial charge in [0.15, 0.2) is 0 Å². The van der Waals surface area contributed by atoms with E-state index < -0.39 is 0 Å². The maximum absolute atomic E-state index is 11.8. The smallest absolute Gasteiger partial charge is 0.241 e. The molecule has 2 aromatic rings. The number of amides is 1. The topological polar surface area (TPSA) is 59.3 Å². The van der Waals surface area contributed by atoms with E-state index in [1.807, 2.05) is 61.9 Å². The van der Waals surface area contributed by atoms with E-state index in [2.05, 4.69) is 15.6 Å². The van der Waals surface area contributed by atoms with Gasteiger partial charge >= 0.3 is 0 Å². The number of carbonyl (C=O) groups excluding carboxylic acids is 1. The minimum absolute atomic E-state index is 0.113. The molecular weight excluding hydrogens is 264 g/mol. The second-order valence-corrected chi connectivity index (χ2v) is 5.00. The monoisotopic (exact) mass is 284 g/mol. The molecule has 0 unspecified atom stereocenters. The lowest BCUT2D eigenvalue weighted by molar-refractivity contribution is -0.121. The zero-order valence-electron chi connectivity index (χ0n) is 12.6. The highest BCUT2D eigenvalue weighted by atomic mass is 16.2. The Balaban J connectivity index is 1.86. The Bertz CT molecular complexity index is 644. The van der Waals surface area contributed by atoms with Gasteiger partial charge in [-0.15, -0.1) is 0 Å². The van der Waals surface area contributed by atoms with E-state index in [4.69, 9.17) is 0 Å². The molecule has 1 aromatic carbocycles. The summed E-state index contributed by atoms with van der Waals surface area (Å²) in [6.45, 7) is 6.36. The van der Waals surface area contributed by atoms with Crippen LogP contribution in [0.15, 0.2) is 41.5 Å². The van der Waals surface area contributed by atoms with E-state index >= 15 is 0 Å². The first-order valence-corrected chi connectivity index (χ1v) is 6.96. The molecule has 5 heteroatoms. The van der Waals surface area contributed by atoms with Crippen molar-refractivity contribution in [3.8, 4) is 0 Å². The number of aryl methyl sites for hydroxylation is 3. The molecule has 21 heavy (non-hydrogen) atoms. The van der Waals surface area contributed by atoms with Gasteiger partial charge in [-0.1, -0.05) is 30.3 Å². The summed E-state index contributed by atoms with van der Waals surface area (Å²) >= 11 is 0. The second kappa shape index (κ2) is 6.83. The quantitative estimate of drug-likeness (QED) is 0.677. The van der Waals surface area contributed by atoms with Crippen molar-refractivity contribution < 1.29 is 4.79 Å². The fraction of sp³-hybridized carbons (Fsp3) is 0.312. The molecule has 0 saturated carbocycles. The van der Waals surface area contributed by atoms with Gasteiger partial charge < -0.3 is 0 Å². The highest BCUT2D eigenvalue weighted by Gasteiger charge is 2.05. The first kappa shape index (κ1) is 15.0. The Morgan fingerprint density at radius 2 is 2.00 bits per heavy atom. The van der Waals surface area contributed by atoms with E-state index in [0.29, 0.717) is 13.0 Å². The Morgan fingerprint density at radius 1 is 1.29 bits per heavy atom. The van der Waals surface area contributed by atoms with Crippen molar-refractivity contribution in [2.45, 2.75) is 33.7 Å². The highest BCUT2D eigenvalue weighted by Crippen LogP contribution is 2.03. The summed E-state index contributed by atoms with van der Waals surface area (Å²) in [6, 6.07) is 11.7. The lowest BCUT2D eigenvalue weighted by atomic mass is 10.1. The van der Waals surface area contributed by atoms with E-state index in [1.165, 1.54) is 0 Å². The molecule has 1 N–H and O–H groups in total. The summed E-state index contributed by atoms with van der Waals surface area (Å²) in [6.07, 6.45) is 0.355. The second-order valence-electron chi connectivity index (χ2n) is 5.00. The fourth-order valence-corrected chi connectivity index (χ4v) is 2.05. The normalized spacial score (nSPS) is 11.5. The molecule has 0 aliphatic heterocycles. The van der Waals surface area contributed by atoms with Crippen LogP contribution in [-0.2, 0) is 11.3 Å². The molecule has 0 saturated heterocycles. The van der Waals surface area contributed by atoms with Crippen LogP contribution in [-0.4, -0.2) is 21.4 Å². The first-order valence-electron chi connectivity index (χ1n) is 6.96. The van der Waals surface area contributed by atoms with Gasteiger partial charge in [0, 0.05) is 12.1 Å². The van der Waals surface area contributed by atoms with E-state index in [1.54, 1.807) is 0 Å². The SMILES string of the molecule is C/C(=N/NC(=O)CCn1nc(C)cc1C)c1ccccc1. The number of hydrogen-bond donors (Lipinski definition) is 1. The van der Waals surface area contributed by atoms with Crippen molar-refractivity contribution in [3.63, 3.8) is 0 Å². The predicted molar refractivity (Wildman–Crippen MR) is 83.1 cm³/mol. The van der Waals surface area contributed by atoms with Gasteiger partial charge in [-0.25, -0.2) is 5.43 Å². The lowest BCUT2D eigenvalue weighted by Gasteiger charge is -2.05. The zero-order chi connectivity index (χ0) is 15.2. The minimum Gasteiger partial charge on any atom is -0.273 e. The Kier molecular flexibility index (Phi) is 4.87. The van der Waals surface area contributed by atoms with Gasteiger partial charge in [0.1, 0.15) is 0 Å². The Labute approximate surface area is 124 Å². The first-order chi connectivity index (χ1) is 10.1. The number of rotatable bonds is 5. The highest BCUT2D eigenvalue weighted by molar-refractivity contribution is 5.99. The summed E-state index contributed by atoms with van der Waals surface area (Å²) in [5.74, 6) is -0.113. The van der Waals surface area contributed by atoms with Crippen LogP contribution < -0.4 is 5.43 Å². The number of carbonyl (C=O) groups is 1. The molecule has 0 bridgehead atoms. The Hall–Kier alpha value is -2.43. The molecule has 0 radical (unpaired) electrons. The Morgan fingerprint density at radius 3 is 2.62 bits per heavy atom. The molecule has 1 aromatic heterocycles. The van der Waals surface area contributed by atoms with Crippen molar-refractivity contribution in [1.29, 1.82) is 0 Å². The van der Waals surface area contributed by atoms with Crippen LogP contribution in [0.25, 0.3) is 0 Å². The summed E-state index contributed by atoms with van der Waals surface area (Å²) in [4.78, 5) is 11.8. The molecule has 5 nitrogen and oxygen atoms in total. The summed E-state index contributed by atoms with van der Waals surface area (Å²) in [7, 11) is 0.